The molecule has 2 heterocycles. The minimum Gasteiger partial charge on any atom is -0.382 e. The normalized spacial score (nSPS) is 21.6. The molecule has 0 bridgehead atoms. The highest BCUT2D eigenvalue weighted by atomic mass is 16.2. The standard InChI is InChI=1S/C26H34N4O/c1-17-13-18(27-16-21-20-9-7-8-10-23(20)29-24(21)31)11-12-22(17)28-19-14-25(2,3)30(6)26(4,5)15-19/h7-13,16,19,27-28H,14-15H2,1-6H3,(H,29,31). The number of nitrogens with zero attached hydrogens (tertiary/aromatic N) is 1. The fourth-order valence-corrected chi connectivity index (χ4v) is 5.05. The number of fused-ring (bicyclic) bond motifs is 1. The van der Waals surface area contributed by atoms with E-state index in [1.165, 1.54) is 11.3 Å². The molecule has 0 spiro atoms. The number of para-hydroxylation sites is 1. The van der Waals surface area contributed by atoms with E-state index in [9.17, 15) is 4.79 Å². The largest absolute Gasteiger partial charge is 0.382 e. The van der Waals surface area contributed by atoms with Crippen LogP contribution in [0.2, 0.25) is 0 Å². The van der Waals surface area contributed by atoms with E-state index in [2.05, 4.69) is 80.7 Å². The van der Waals surface area contributed by atoms with Gasteiger partial charge in [0, 0.05) is 45.9 Å². The highest BCUT2D eigenvalue weighted by molar-refractivity contribution is 6.31. The topological polar surface area (TPSA) is 56.4 Å². The van der Waals surface area contributed by atoms with Crippen LogP contribution in [0.15, 0.2) is 48.7 Å². The molecule has 2 aromatic carbocycles. The Hall–Kier alpha value is -2.79. The Morgan fingerprint density at radius 1 is 1.06 bits per heavy atom. The number of carbonyl (C=O) groups excluding carboxylic acids is 1. The van der Waals surface area contributed by atoms with Crippen LogP contribution in [0, 0.1) is 6.92 Å². The summed E-state index contributed by atoms with van der Waals surface area (Å²) in [7, 11) is 2.24. The van der Waals surface area contributed by atoms with E-state index in [4.69, 9.17) is 0 Å². The van der Waals surface area contributed by atoms with Gasteiger partial charge in [0.25, 0.3) is 5.91 Å². The van der Waals surface area contributed by atoms with E-state index < -0.39 is 0 Å². The van der Waals surface area contributed by atoms with Crippen LogP contribution < -0.4 is 16.0 Å². The van der Waals surface area contributed by atoms with Crippen molar-refractivity contribution in [2.24, 2.45) is 0 Å². The van der Waals surface area contributed by atoms with Gasteiger partial charge < -0.3 is 16.0 Å². The molecule has 2 aliphatic heterocycles. The van der Waals surface area contributed by atoms with Crippen LogP contribution in [0.4, 0.5) is 17.1 Å². The molecule has 0 saturated carbocycles. The highest BCUT2D eigenvalue weighted by Gasteiger charge is 2.43. The van der Waals surface area contributed by atoms with Crippen molar-refractivity contribution in [3.05, 3.63) is 59.8 Å². The fraction of sp³-hybridized carbons (Fsp3) is 0.423. The second-order valence-electron chi connectivity index (χ2n) is 10.2. The predicted octanol–water partition coefficient (Wildman–Crippen LogP) is 5.46. The van der Waals surface area contributed by atoms with E-state index in [1.807, 2.05) is 24.3 Å². The quantitative estimate of drug-likeness (QED) is 0.577. The van der Waals surface area contributed by atoms with Gasteiger partial charge in [-0.1, -0.05) is 18.2 Å². The number of anilines is 3. The molecule has 4 rings (SSSR count). The first-order valence-corrected chi connectivity index (χ1v) is 11.1. The second-order valence-corrected chi connectivity index (χ2v) is 10.2. The van der Waals surface area contributed by atoms with Crippen molar-refractivity contribution in [2.45, 2.75) is 64.6 Å². The van der Waals surface area contributed by atoms with Crippen molar-refractivity contribution >= 4 is 28.5 Å². The maximum atomic E-state index is 12.3. The Bertz CT molecular complexity index is 1020. The molecule has 1 amide bonds. The van der Waals surface area contributed by atoms with Crippen molar-refractivity contribution in [3.8, 4) is 0 Å². The Morgan fingerprint density at radius 2 is 1.74 bits per heavy atom. The molecule has 0 atom stereocenters. The SMILES string of the molecule is Cc1cc(NC=C2C(=O)Nc3ccccc32)ccc1NC1CC(C)(C)N(C)C(C)(C)C1. The number of hydrogen-bond acceptors (Lipinski definition) is 4. The lowest BCUT2D eigenvalue weighted by Gasteiger charge is -2.54. The summed E-state index contributed by atoms with van der Waals surface area (Å²) in [5.74, 6) is -0.0730. The van der Waals surface area contributed by atoms with Gasteiger partial charge in [-0.05, 0) is 84.3 Å². The molecule has 1 saturated heterocycles. The highest BCUT2D eigenvalue weighted by Crippen LogP contribution is 2.38. The average molecular weight is 419 g/mol. The monoisotopic (exact) mass is 418 g/mol. The van der Waals surface area contributed by atoms with Crippen molar-refractivity contribution < 1.29 is 4.79 Å². The molecule has 1 fully saturated rings. The molecule has 31 heavy (non-hydrogen) atoms. The molecule has 3 N–H and O–H groups in total. The third kappa shape index (κ3) is 4.19. The molecular weight excluding hydrogens is 384 g/mol. The van der Waals surface area contributed by atoms with Gasteiger partial charge >= 0.3 is 0 Å². The van der Waals surface area contributed by atoms with E-state index >= 15 is 0 Å². The number of nitrogens with one attached hydrogen (secondary N) is 3. The van der Waals surface area contributed by atoms with E-state index in [0.29, 0.717) is 11.6 Å². The van der Waals surface area contributed by atoms with Crippen LogP contribution in [-0.4, -0.2) is 35.0 Å². The molecule has 0 radical (unpaired) electrons. The molecule has 2 aliphatic rings. The third-order valence-electron chi connectivity index (χ3n) is 6.99. The summed E-state index contributed by atoms with van der Waals surface area (Å²) in [6.45, 7) is 11.4. The Kier molecular flexibility index (Phi) is 5.34. The lowest BCUT2D eigenvalue weighted by molar-refractivity contribution is -0.110. The van der Waals surface area contributed by atoms with Crippen LogP contribution in [0.1, 0.15) is 51.7 Å². The number of rotatable bonds is 4. The molecule has 5 heteroatoms. The summed E-state index contributed by atoms with van der Waals surface area (Å²) in [6.07, 6.45) is 4.00. The smallest absolute Gasteiger partial charge is 0.257 e. The van der Waals surface area contributed by atoms with Crippen LogP contribution in [0.3, 0.4) is 0 Å². The lowest BCUT2D eigenvalue weighted by Crippen LogP contribution is -2.61. The summed E-state index contributed by atoms with van der Waals surface area (Å²) >= 11 is 0. The van der Waals surface area contributed by atoms with Gasteiger partial charge in [-0.25, -0.2) is 0 Å². The number of aryl methyl sites for hydroxylation is 1. The van der Waals surface area contributed by atoms with Crippen molar-refractivity contribution in [2.75, 3.05) is 23.0 Å². The molecule has 0 aliphatic carbocycles. The van der Waals surface area contributed by atoms with Gasteiger partial charge in [-0.15, -0.1) is 0 Å². The summed E-state index contributed by atoms with van der Waals surface area (Å²) in [5.41, 5.74) is 6.08. The summed E-state index contributed by atoms with van der Waals surface area (Å²) in [5, 5.41) is 10.0. The Labute approximate surface area is 185 Å². The molecule has 0 unspecified atom stereocenters. The first kappa shape index (κ1) is 21.4. The summed E-state index contributed by atoms with van der Waals surface area (Å²) in [4.78, 5) is 14.8. The van der Waals surface area contributed by atoms with Crippen molar-refractivity contribution in [3.63, 3.8) is 0 Å². The maximum absolute atomic E-state index is 12.3. The van der Waals surface area contributed by atoms with Gasteiger partial charge in [-0.2, -0.15) is 0 Å². The van der Waals surface area contributed by atoms with E-state index in [-0.39, 0.29) is 17.0 Å². The number of likely N-dealkylation sites (tertiary alicyclic amines) is 1. The summed E-state index contributed by atoms with van der Waals surface area (Å²) in [6, 6.07) is 14.5. The minimum atomic E-state index is -0.0730. The Morgan fingerprint density at radius 3 is 2.42 bits per heavy atom. The number of hydrogen-bond donors (Lipinski definition) is 3. The zero-order chi connectivity index (χ0) is 22.4. The molecule has 0 aromatic heterocycles. The van der Waals surface area contributed by atoms with E-state index in [0.717, 1.165) is 29.8 Å². The van der Waals surface area contributed by atoms with Gasteiger partial charge in [0.05, 0.1) is 5.57 Å². The number of amides is 1. The first-order chi connectivity index (χ1) is 14.6. The molecule has 164 valence electrons. The van der Waals surface area contributed by atoms with Crippen LogP contribution in [-0.2, 0) is 4.79 Å². The Balaban J connectivity index is 1.47. The van der Waals surface area contributed by atoms with Gasteiger partial charge in [0.1, 0.15) is 0 Å². The van der Waals surface area contributed by atoms with Crippen LogP contribution in [0.5, 0.6) is 0 Å². The van der Waals surface area contributed by atoms with Gasteiger partial charge in [-0.3, -0.25) is 9.69 Å². The molecule has 5 nitrogen and oxygen atoms in total. The lowest BCUT2D eigenvalue weighted by atomic mass is 9.77. The fourth-order valence-electron chi connectivity index (χ4n) is 5.05. The predicted molar refractivity (Wildman–Crippen MR) is 130 cm³/mol. The number of piperidine rings is 1. The van der Waals surface area contributed by atoms with Gasteiger partial charge in [0.15, 0.2) is 0 Å². The number of benzene rings is 2. The zero-order valence-electron chi connectivity index (χ0n) is 19.5. The van der Waals surface area contributed by atoms with Gasteiger partial charge in [0.2, 0.25) is 0 Å². The van der Waals surface area contributed by atoms with Crippen molar-refractivity contribution in [1.29, 1.82) is 0 Å². The second kappa shape index (κ2) is 7.72. The summed E-state index contributed by atoms with van der Waals surface area (Å²) < 4.78 is 0. The van der Waals surface area contributed by atoms with E-state index in [1.54, 1.807) is 6.20 Å². The zero-order valence-corrected chi connectivity index (χ0v) is 19.5. The molecule has 2 aromatic rings. The van der Waals surface area contributed by atoms with Crippen LogP contribution in [0.25, 0.3) is 5.57 Å². The molecular formula is C26H34N4O. The third-order valence-corrected chi connectivity index (χ3v) is 6.99. The van der Waals surface area contributed by atoms with Crippen molar-refractivity contribution in [1.82, 2.24) is 4.90 Å². The average Bonchev–Trinajstić information content (AvgIpc) is 3.01. The van der Waals surface area contributed by atoms with Crippen LogP contribution >= 0.6 is 0 Å². The minimum absolute atomic E-state index is 0.0730. The maximum Gasteiger partial charge on any atom is 0.257 e. The first-order valence-electron chi connectivity index (χ1n) is 11.1. The number of carbonyl (C=O) groups is 1.